The van der Waals surface area contributed by atoms with E-state index in [4.69, 9.17) is 32.5 Å². The molecule has 9 aromatic rings. The van der Waals surface area contributed by atoms with Gasteiger partial charge in [0.05, 0.1) is 16.3 Å². The summed E-state index contributed by atoms with van der Waals surface area (Å²) in [4.78, 5) is 0.464. The van der Waals surface area contributed by atoms with Crippen molar-refractivity contribution in [2.75, 3.05) is 26.3 Å². The maximum atomic E-state index is 13.9. The van der Waals surface area contributed by atoms with Crippen molar-refractivity contribution in [2.24, 2.45) is 11.5 Å². The number of aromatic nitrogens is 4. The van der Waals surface area contributed by atoms with Crippen LogP contribution in [0.1, 0.15) is 26.3 Å². The topological polar surface area (TPSA) is 208 Å². The summed E-state index contributed by atoms with van der Waals surface area (Å²) in [5.41, 5.74) is 12.4. The van der Waals surface area contributed by atoms with Crippen LogP contribution in [0.2, 0.25) is 5.02 Å². The van der Waals surface area contributed by atoms with Crippen LogP contribution in [-0.2, 0) is 26.2 Å². The molecule has 5 N–H and O–H groups in total. The SMILES string of the molecule is CC(C)(C)[O-].NCCOc1cccc2c(S(=O)(=O)c3cccc4ccccc34)[nH]nc12.NCCOc1cccc2c(S(=O)(=O)c3cccc4ccccc34)nn(Cc3ccc(Cl)cc3)c12.[K+]. The second-order valence-corrected chi connectivity index (χ2v) is 19.9. The average Bonchev–Trinajstić information content (AvgIpc) is 3.91. The Morgan fingerprint density at radius 3 is 1.68 bits per heavy atom. The van der Waals surface area contributed by atoms with Gasteiger partial charge in [0, 0.05) is 39.7 Å². The number of hydrogen-bond acceptors (Lipinski definition) is 11. The van der Waals surface area contributed by atoms with E-state index in [0.717, 1.165) is 16.3 Å². The van der Waals surface area contributed by atoms with Crippen molar-refractivity contribution in [3.8, 4) is 11.5 Å². The summed E-state index contributed by atoms with van der Waals surface area (Å²) in [6.07, 6.45) is 0. The first-order valence-corrected chi connectivity index (χ1v) is 24.0. The molecule has 0 saturated heterocycles. The number of H-pyrrole nitrogens is 1. The van der Waals surface area contributed by atoms with Gasteiger partial charge in [0.2, 0.25) is 19.7 Å². The predicted molar refractivity (Wildman–Crippen MR) is 254 cm³/mol. The molecule has 0 aliphatic carbocycles. The number of rotatable bonds is 12. The largest absolute Gasteiger partial charge is 1.00 e. The molecule has 17 heteroatoms. The first-order chi connectivity index (χ1) is 31.1. The zero-order valence-electron chi connectivity index (χ0n) is 36.9. The number of para-hydroxylation sites is 2. The smallest absolute Gasteiger partial charge is 0.850 e. The Balaban J connectivity index is 0.000000201. The van der Waals surface area contributed by atoms with E-state index < -0.39 is 25.3 Å². The van der Waals surface area contributed by atoms with Crippen LogP contribution in [0, 0.1) is 0 Å². The van der Waals surface area contributed by atoms with Crippen molar-refractivity contribution < 1.29 is 82.8 Å². The minimum Gasteiger partial charge on any atom is -0.850 e. The van der Waals surface area contributed by atoms with Gasteiger partial charge < -0.3 is 26.0 Å². The second-order valence-electron chi connectivity index (χ2n) is 15.8. The zero-order chi connectivity index (χ0) is 46.4. The fraction of sp³-hybridized carbons (Fsp3) is 0.184. The van der Waals surface area contributed by atoms with E-state index in [1.807, 2.05) is 66.7 Å². The van der Waals surface area contributed by atoms with E-state index in [-0.39, 0.29) is 71.2 Å². The molecule has 0 saturated carbocycles. The summed E-state index contributed by atoms with van der Waals surface area (Å²) in [7, 11) is -7.73. The van der Waals surface area contributed by atoms with Gasteiger partial charge in [-0.15, -0.1) is 5.60 Å². The molecule has 2 aromatic heterocycles. The molecule has 0 unspecified atom stereocenters. The van der Waals surface area contributed by atoms with E-state index in [1.54, 1.807) is 104 Å². The summed E-state index contributed by atoms with van der Waals surface area (Å²) in [6.45, 7) is 6.58. The number of hydrogen-bond donors (Lipinski definition) is 3. The van der Waals surface area contributed by atoms with Gasteiger partial charge in [0.25, 0.3) is 0 Å². The number of benzene rings is 7. The predicted octanol–water partition coefficient (Wildman–Crippen LogP) is 5.10. The van der Waals surface area contributed by atoms with E-state index >= 15 is 0 Å². The van der Waals surface area contributed by atoms with Crippen molar-refractivity contribution in [3.63, 3.8) is 0 Å². The van der Waals surface area contributed by atoms with Crippen LogP contribution in [-0.4, -0.2) is 68.7 Å². The van der Waals surface area contributed by atoms with E-state index in [0.29, 0.717) is 81.9 Å². The molecule has 0 radical (unpaired) electrons. The fourth-order valence-corrected chi connectivity index (χ4v) is 10.4. The van der Waals surface area contributed by atoms with Crippen LogP contribution >= 0.6 is 11.6 Å². The molecule has 0 spiro atoms. The molecule has 9 rings (SSSR count). The van der Waals surface area contributed by atoms with Gasteiger partial charge in [-0.2, -0.15) is 10.2 Å². The quantitative estimate of drug-likeness (QED) is 0.137. The maximum absolute atomic E-state index is 13.9. The van der Waals surface area contributed by atoms with E-state index in [1.165, 1.54) is 0 Å². The molecule has 2 heterocycles. The molecule has 336 valence electrons. The molecular weight excluding hydrogens is 923 g/mol. The van der Waals surface area contributed by atoms with Crippen LogP contribution in [0.15, 0.2) is 165 Å². The molecule has 0 bridgehead atoms. The van der Waals surface area contributed by atoms with Crippen LogP contribution in [0.5, 0.6) is 11.5 Å². The second kappa shape index (κ2) is 21.9. The molecule has 13 nitrogen and oxygen atoms in total. The fourth-order valence-electron chi connectivity index (χ4n) is 7.09. The number of sulfone groups is 2. The summed E-state index contributed by atoms with van der Waals surface area (Å²) < 4.78 is 67.6. The number of halogens is 1. The molecule has 0 aliphatic rings. The first kappa shape index (κ1) is 50.7. The Morgan fingerprint density at radius 2 is 1.11 bits per heavy atom. The van der Waals surface area contributed by atoms with Gasteiger partial charge in [0.15, 0.2) is 10.1 Å². The van der Waals surface area contributed by atoms with Crippen LogP contribution < -0.4 is 77.4 Å². The van der Waals surface area contributed by atoms with Crippen LogP contribution in [0.25, 0.3) is 43.4 Å². The minimum atomic E-state index is -3.94. The van der Waals surface area contributed by atoms with Gasteiger partial charge in [-0.25, -0.2) is 16.8 Å². The van der Waals surface area contributed by atoms with Crippen molar-refractivity contribution >= 4 is 74.6 Å². The molecule has 66 heavy (non-hydrogen) atoms. The standard InChI is InChI=1S/C26H22ClN3O3S.C19H17N3O3S.C4H9O.K/c27-20-13-11-18(12-14-20)17-30-25-22(8-4-9-23(25)33-16-15-28)26(29-30)34(31,32)24-10-3-6-19-5-1-2-7-21(19)24;20-11-12-25-16-9-4-8-15-18(16)21-22-19(15)26(23,24)17-10-3-6-13-5-1-2-7-14(13)17;1-4(2,3)5;/h1-14H,15-17,28H2;1-10H,11-12,20H2,(H,21,22);1-3H3;/q;;-1;+1. The Morgan fingerprint density at radius 1 is 0.636 bits per heavy atom. The number of fused-ring (bicyclic) bond motifs is 4. The average molecular weight is 972 g/mol. The Hall–Kier alpha value is -4.69. The van der Waals surface area contributed by atoms with Gasteiger partial charge in [-0.1, -0.05) is 129 Å². The Labute approximate surface area is 431 Å². The summed E-state index contributed by atoms with van der Waals surface area (Å²) in [5, 5.41) is 26.3. The van der Waals surface area contributed by atoms with Crippen LogP contribution in [0.4, 0.5) is 0 Å². The van der Waals surface area contributed by atoms with Crippen LogP contribution in [0.3, 0.4) is 0 Å². The summed E-state index contributed by atoms with van der Waals surface area (Å²) >= 11 is 6.04. The van der Waals surface area contributed by atoms with Gasteiger partial charge in [-0.05, 0) is 64.9 Å². The number of nitrogens with one attached hydrogen (secondary N) is 1. The van der Waals surface area contributed by atoms with Gasteiger partial charge >= 0.3 is 51.4 Å². The van der Waals surface area contributed by atoms with Gasteiger partial charge in [-0.3, -0.25) is 9.78 Å². The Kier molecular flexibility index (Phi) is 16.9. The van der Waals surface area contributed by atoms with Gasteiger partial charge in [0.1, 0.15) is 35.7 Å². The van der Waals surface area contributed by atoms with Crippen molar-refractivity contribution in [2.45, 2.75) is 52.8 Å². The third kappa shape index (κ3) is 11.5. The molecule has 0 amide bonds. The Bertz CT molecular complexity index is 3320. The maximum Gasteiger partial charge on any atom is 1.00 e. The van der Waals surface area contributed by atoms with Crippen molar-refractivity contribution in [1.29, 1.82) is 0 Å². The third-order valence-corrected chi connectivity index (χ3v) is 13.6. The van der Waals surface area contributed by atoms with E-state index in [9.17, 15) is 21.9 Å². The van der Waals surface area contributed by atoms with Crippen molar-refractivity contribution in [1.82, 2.24) is 20.0 Å². The number of aromatic amines is 1. The number of nitrogens with two attached hydrogens (primary N) is 2. The molecule has 0 atom stereocenters. The first-order valence-electron chi connectivity index (χ1n) is 20.6. The summed E-state index contributed by atoms with van der Waals surface area (Å²) in [5.74, 6) is 1.03. The normalized spacial score (nSPS) is 11.7. The van der Waals surface area contributed by atoms with E-state index in [2.05, 4.69) is 15.3 Å². The zero-order valence-corrected chi connectivity index (χ0v) is 42.5. The molecular formula is C49H48ClKN6O7S2. The third-order valence-electron chi connectivity index (χ3n) is 9.81. The number of nitrogens with zero attached hydrogens (tertiary/aromatic N) is 3. The monoisotopic (exact) mass is 970 g/mol. The molecule has 7 aromatic carbocycles. The minimum absolute atomic E-state index is 0. The number of ether oxygens (including phenoxy) is 2. The molecule has 0 fully saturated rings. The summed E-state index contributed by atoms with van der Waals surface area (Å²) in [6, 6.07) is 43.2. The van der Waals surface area contributed by atoms with Crippen molar-refractivity contribution in [3.05, 3.63) is 156 Å². The molecule has 0 aliphatic heterocycles.